The lowest BCUT2D eigenvalue weighted by Gasteiger charge is -2.22. The lowest BCUT2D eigenvalue weighted by molar-refractivity contribution is 0.339. The molecule has 0 heterocycles. The van der Waals surface area contributed by atoms with Crippen LogP contribution in [0.3, 0.4) is 0 Å². The normalized spacial score (nSPS) is 18.9. The van der Waals surface area contributed by atoms with Crippen LogP contribution in [0.2, 0.25) is 0 Å². The first-order valence-corrected chi connectivity index (χ1v) is 5.41. The number of halogens is 3. The van der Waals surface area contributed by atoms with Crippen molar-refractivity contribution in [2.45, 2.75) is 31.2 Å². The second-order valence-electron chi connectivity index (χ2n) is 4.51. The second-order valence-corrected chi connectivity index (χ2v) is 4.51. The van der Waals surface area contributed by atoms with Gasteiger partial charge in [0.25, 0.3) is 0 Å². The Labute approximate surface area is 97.6 Å². The standard InChI is InChI=1S/C12H14F3NO/c1-6(16)12(3-4-12)7-5-8(13)10(15)11(17-2)9(7)14/h5-6H,3-4,16H2,1-2H3. The highest BCUT2D eigenvalue weighted by atomic mass is 19.2. The molecule has 1 fully saturated rings. The Bertz CT molecular complexity index is 456. The summed E-state index contributed by atoms with van der Waals surface area (Å²) >= 11 is 0. The van der Waals surface area contributed by atoms with E-state index >= 15 is 0 Å². The number of benzene rings is 1. The maximum absolute atomic E-state index is 14.0. The topological polar surface area (TPSA) is 35.2 Å². The minimum atomic E-state index is -1.30. The van der Waals surface area contributed by atoms with Crippen LogP contribution in [0.5, 0.6) is 5.75 Å². The average Bonchev–Trinajstić information content (AvgIpc) is 3.05. The van der Waals surface area contributed by atoms with E-state index in [-0.39, 0.29) is 11.6 Å². The minimum Gasteiger partial charge on any atom is -0.491 e. The summed E-state index contributed by atoms with van der Waals surface area (Å²) in [5, 5.41) is 0. The largest absolute Gasteiger partial charge is 0.491 e. The monoisotopic (exact) mass is 245 g/mol. The maximum atomic E-state index is 14.0. The van der Waals surface area contributed by atoms with Crippen LogP contribution in [0.25, 0.3) is 0 Å². The van der Waals surface area contributed by atoms with Gasteiger partial charge < -0.3 is 10.5 Å². The third-order valence-corrected chi connectivity index (χ3v) is 3.52. The van der Waals surface area contributed by atoms with E-state index in [1.807, 2.05) is 0 Å². The molecule has 0 saturated heterocycles. The predicted octanol–water partition coefficient (Wildman–Crippen LogP) is 2.49. The average molecular weight is 245 g/mol. The third kappa shape index (κ3) is 1.69. The van der Waals surface area contributed by atoms with Crippen LogP contribution in [0.1, 0.15) is 25.3 Å². The summed E-state index contributed by atoms with van der Waals surface area (Å²) in [6, 6.07) is 0.579. The Kier molecular flexibility index (Phi) is 2.81. The van der Waals surface area contributed by atoms with Crippen molar-refractivity contribution in [2.75, 3.05) is 7.11 Å². The molecule has 1 saturated carbocycles. The molecule has 2 rings (SSSR count). The molecular weight excluding hydrogens is 231 g/mol. The van der Waals surface area contributed by atoms with Gasteiger partial charge in [-0.25, -0.2) is 8.78 Å². The van der Waals surface area contributed by atoms with E-state index in [1.54, 1.807) is 6.92 Å². The van der Waals surface area contributed by atoms with Crippen LogP contribution in [0.4, 0.5) is 13.2 Å². The Morgan fingerprint density at radius 1 is 1.29 bits per heavy atom. The summed E-state index contributed by atoms with van der Waals surface area (Å²) in [6.07, 6.45) is 1.35. The highest BCUT2D eigenvalue weighted by molar-refractivity contribution is 5.42. The van der Waals surface area contributed by atoms with Gasteiger partial charge in [0.15, 0.2) is 17.4 Å². The summed E-state index contributed by atoms with van der Waals surface area (Å²) in [6.45, 7) is 1.74. The van der Waals surface area contributed by atoms with Crippen molar-refractivity contribution >= 4 is 0 Å². The molecule has 0 aromatic heterocycles. The molecule has 0 bridgehead atoms. The molecule has 1 unspecified atom stereocenters. The number of hydrogen-bond acceptors (Lipinski definition) is 2. The van der Waals surface area contributed by atoms with Gasteiger partial charge in [-0.2, -0.15) is 4.39 Å². The molecule has 1 aliphatic rings. The van der Waals surface area contributed by atoms with Gasteiger partial charge in [-0.1, -0.05) is 0 Å². The second kappa shape index (κ2) is 3.91. The zero-order valence-corrected chi connectivity index (χ0v) is 9.69. The molecule has 2 nitrogen and oxygen atoms in total. The lowest BCUT2D eigenvalue weighted by atomic mass is 9.88. The van der Waals surface area contributed by atoms with E-state index in [0.29, 0.717) is 12.8 Å². The van der Waals surface area contributed by atoms with Crippen LogP contribution in [0, 0.1) is 17.5 Å². The molecular formula is C12H14F3NO. The van der Waals surface area contributed by atoms with E-state index in [1.165, 1.54) is 0 Å². The van der Waals surface area contributed by atoms with Crippen molar-refractivity contribution in [3.8, 4) is 5.75 Å². The van der Waals surface area contributed by atoms with Crippen LogP contribution < -0.4 is 10.5 Å². The van der Waals surface area contributed by atoms with Crippen LogP contribution in [-0.4, -0.2) is 13.2 Å². The number of rotatable bonds is 3. The summed E-state index contributed by atoms with van der Waals surface area (Å²) in [5.74, 6) is -3.92. The number of nitrogens with two attached hydrogens (primary N) is 1. The van der Waals surface area contributed by atoms with Crippen molar-refractivity contribution in [1.29, 1.82) is 0 Å². The summed E-state index contributed by atoms with van der Waals surface area (Å²) in [5.41, 5.74) is 5.33. The molecule has 0 radical (unpaired) electrons. The van der Waals surface area contributed by atoms with Crippen molar-refractivity contribution in [3.05, 3.63) is 29.1 Å². The molecule has 0 spiro atoms. The maximum Gasteiger partial charge on any atom is 0.203 e. The zero-order chi connectivity index (χ0) is 12.8. The first-order chi connectivity index (χ1) is 7.94. The zero-order valence-electron chi connectivity index (χ0n) is 9.69. The Morgan fingerprint density at radius 2 is 1.88 bits per heavy atom. The number of hydrogen-bond donors (Lipinski definition) is 1. The number of ether oxygens (including phenoxy) is 1. The molecule has 94 valence electrons. The summed E-state index contributed by atoms with van der Waals surface area (Å²) < 4.78 is 45.2. The van der Waals surface area contributed by atoms with E-state index in [4.69, 9.17) is 5.73 Å². The molecule has 0 amide bonds. The fourth-order valence-corrected chi connectivity index (χ4v) is 2.23. The molecule has 0 aliphatic heterocycles. The summed E-state index contributed by atoms with van der Waals surface area (Å²) in [7, 11) is 1.11. The van der Waals surface area contributed by atoms with E-state index < -0.39 is 28.6 Å². The predicted molar refractivity (Wildman–Crippen MR) is 57.4 cm³/mol. The van der Waals surface area contributed by atoms with Gasteiger partial charge in [0.05, 0.1) is 7.11 Å². The van der Waals surface area contributed by atoms with Crippen molar-refractivity contribution in [3.63, 3.8) is 0 Å². The van der Waals surface area contributed by atoms with Crippen molar-refractivity contribution in [1.82, 2.24) is 0 Å². The Morgan fingerprint density at radius 3 is 2.29 bits per heavy atom. The van der Waals surface area contributed by atoms with Crippen molar-refractivity contribution < 1.29 is 17.9 Å². The quantitative estimate of drug-likeness (QED) is 0.830. The van der Waals surface area contributed by atoms with Gasteiger partial charge in [0, 0.05) is 17.0 Å². The first kappa shape index (κ1) is 12.2. The fraction of sp³-hybridized carbons (Fsp3) is 0.500. The van der Waals surface area contributed by atoms with Gasteiger partial charge >= 0.3 is 0 Å². The molecule has 2 N–H and O–H groups in total. The van der Waals surface area contributed by atoms with E-state index in [9.17, 15) is 13.2 Å². The first-order valence-electron chi connectivity index (χ1n) is 5.41. The van der Waals surface area contributed by atoms with Gasteiger partial charge in [-0.3, -0.25) is 0 Å². The van der Waals surface area contributed by atoms with E-state index in [2.05, 4.69) is 4.74 Å². The summed E-state index contributed by atoms with van der Waals surface area (Å²) in [4.78, 5) is 0. The highest BCUT2D eigenvalue weighted by Gasteiger charge is 2.50. The van der Waals surface area contributed by atoms with Gasteiger partial charge in [0.2, 0.25) is 5.82 Å². The molecule has 1 aromatic rings. The van der Waals surface area contributed by atoms with Crippen LogP contribution >= 0.6 is 0 Å². The molecule has 17 heavy (non-hydrogen) atoms. The Hall–Kier alpha value is -1.23. The molecule has 1 aromatic carbocycles. The fourth-order valence-electron chi connectivity index (χ4n) is 2.23. The van der Waals surface area contributed by atoms with Gasteiger partial charge in [0.1, 0.15) is 0 Å². The van der Waals surface area contributed by atoms with Gasteiger partial charge in [-0.05, 0) is 25.8 Å². The Balaban J connectivity index is 2.60. The van der Waals surface area contributed by atoms with Gasteiger partial charge in [-0.15, -0.1) is 0 Å². The lowest BCUT2D eigenvalue weighted by Crippen LogP contribution is -2.32. The smallest absolute Gasteiger partial charge is 0.203 e. The highest BCUT2D eigenvalue weighted by Crippen LogP contribution is 2.52. The van der Waals surface area contributed by atoms with Crippen LogP contribution in [0.15, 0.2) is 6.07 Å². The SMILES string of the molecule is COc1c(F)c(F)cc(C2(C(C)N)CC2)c1F. The molecule has 1 aliphatic carbocycles. The van der Waals surface area contributed by atoms with Crippen molar-refractivity contribution in [2.24, 2.45) is 5.73 Å². The number of methoxy groups -OCH3 is 1. The van der Waals surface area contributed by atoms with Crippen LogP contribution in [-0.2, 0) is 5.41 Å². The molecule has 5 heteroatoms. The van der Waals surface area contributed by atoms with E-state index in [0.717, 1.165) is 13.2 Å². The minimum absolute atomic E-state index is 0.114. The third-order valence-electron chi connectivity index (χ3n) is 3.52. The molecule has 1 atom stereocenters.